The van der Waals surface area contributed by atoms with Crippen molar-refractivity contribution >= 4 is 5.91 Å². The molecule has 3 rings (SSSR count). The van der Waals surface area contributed by atoms with Crippen LogP contribution < -0.4 is 0 Å². The molecule has 2 fully saturated rings. The molecule has 1 atom stereocenters. The van der Waals surface area contributed by atoms with Crippen LogP contribution >= 0.6 is 0 Å². The maximum atomic E-state index is 12.6. The minimum Gasteiger partial charge on any atom is -0.387 e. The number of aliphatic hydroxyl groups is 1. The quantitative estimate of drug-likeness (QED) is 0.897. The molecule has 2 aliphatic rings. The Bertz CT molecular complexity index is 592. The van der Waals surface area contributed by atoms with Crippen molar-refractivity contribution in [3.05, 3.63) is 17.5 Å². The first-order valence-electron chi connectivity index (χ1n) is 8.60. The summed E-state index contributed by atoms with van der Waals surface area (Å²) in [5.41, 5.74) is 0.521. The van der Waals surface area contributed by atoms with Gasteiger partial charge in [-0.2, -0.15) is 5.10 Å². The van der Waals surface area contributed by atoms with Crippen LogP contribution in [0.4, 0.5) is 0 Å². The average Bonchev–Trinajstić information content (AvgIpc) is 3.04. The molecule has 3 heterocycles. The highest BCUT2D eigenvalue weighted by atomic mass is 16.5. The molecular weight excluding hydrogens is 294 g/mol. The Morgan fingerprint density at radius 2 is 2.17 bits per heavy atom. The summed E-state index contributed by atoms with van der Waals surface area (Å²) in [5.74, 6) is 0.0143. The first-order valence-corrected chi connectivity index (χ1v) is 8.60. The van der Waals surface area contributed by atoms with E-state index in [2.05, 4.69) is 12.0 Å². The van der Waals surface area contributed by atoms with Crippen molar-refractivity contribution in [2.45, 2.75) is 64.2 Å². The Labute approximate surface area is 137 Å². The van der Waals surface area contributed by atoms with Crippen LogP contribution in [0.15, 0.2) is 6.20 Å². The highest BCUT2D eigenvalue weighted by Crippen LogP contribution is 2.42. The van der Waals surface area contributed by atoms with E-state index < -0.39 is 5.60 Å². The number of carbonyl (C=O) groups excluding carboxylic acids is 1. The third kappa shape index (κ3) is 2.90. The lowest BCUT2D eigenvalue weighted by molar-refractivity contribution is -0.0956. The zero-order chi connectivity index (χ0) is 16.7. The van der Waals surface area contributed by atoms with E-state index in [-0.39, 0.29) is 11.5 Å². The van der Waals surface area contributed by atoms with Crippen LogP contribution in [0.2, 0.25) is 0 Å². The van der Waals surface area contributed by atoms with E-state index in [1.165, 1.54) is 0 Å². The van der Waals surface area contributed by atoms with Crippen molar-refractivity contribution in [2.24, 2.45) is 0 Å². The minimum atomic E-state index is -0.714. The lowest BCUT2D eigenvalue weighted by Crippen LogP contribution is -2.63. The van der Waals surface area contributed by atoms with Gasteiger partial charge in [0.1, 0.15) is 5.60 Å². The number of nitrogens with zero attached hydrogens (tertiary/aromatic N) is 3. The smallest absolute Gasteiger partial charge is 0.257 e. The molecule has 6 heteroatoms. The molecule has 1 N–H and O–H groups in total. The second-order valence-electron chi connectivity index (χ2n) is 7.10. The number of unbranched alkanes of at least 4 members (excludes halogenated alkanes) is 1. The second-order valence-corrected chi connectivity index (χ2v) is 7.10. The van der Waals surface area contributed by atoms with Crippen molar-refractivity contribution in [2.75, 3.05) is 19.7 Å². The van der Waals surface area contributed by atoms with Gasteiger partial charge >= 0.3 is 0 Å². The molecule has 0 radical (unpaired) electrons. The highest BCUT2D eigenvalue weighted by molar-refractivity contribution is 5.95. The summed E-state index contributed by atoms with van der Waals surface area (Å²) < 4.78 is 7.73. The van der Waals surface area contributed by atoms with Gasteiger partial charge in [0.15, 0.2) is 0 Å². The van der Waals surface area contributed by atoms with Crippen molar-refractivity contribution in [1.82, 2.24) is 14.7 Å². The fourth-order valence-corrected chi connectivity index (χ4v) is 3.80. The Balaban J connectivity index is 1.60. The van der Waals surface area contributed by atoms with Crippen LogP contribution in [0.3, 0.4) is 0 Å². The predicted molar refractivity (Wildman–Crippen MR) is 86.3 cm³/mol. The van der Waals surface area contributed by atoms with Gasteiger partial charge in [0, 0.05) is 18.7 Å². The van der Waals surface area contributed by atoms with Crippen LogP contribution in [0.5, 0.6) is 0 Å². The van der Waals surface area contributed by atoms with E-state index in [1.807, 2.05) is 18.5 Å². The largest absolute Gasteiger partial charge is 0.387 e. The molecule has 1 spiro atoms. The van der Waals surface area contributed by atoms with Gasteiger partial charge in [0.2, 0.25) is 0 Å². The van der Waals surface area contributed by atoms with Gasteiger partial charge in [-0.15, -0.1) is 0 Å². The Morgan fingerprint density at radius 1 is 1.43 bits per heavy atom. The normalized spacial score (nSPS) is 25.8. The Morgan fingerprint density at radius 3 is 2.78 bits per heavy atom. The summed E-state index contributed by atoms with van der Waals surface area (Å²) in [4.78, 5) is 14.4. The summed E-state index contributed by atoms with van der Waals surface area (Å²) >= 11 is 0. The van der Waals surface area contributed by atoms with E-state index in [0.29, 0.717) is 31.7 Å². The molecule has 1 unspecified atom stereocenters. The number of rotatable bonds is 5. The molecule has 2 aliphatic heterocycles. The van der Waals surface area contributed by atoms with Crippen molar-refractivity contribution < 1.29 is 14.6 Å². The zero-order valence-electron chi connectivity index (χ0n) is 14.3. The molecule has 0 bridgehead atoms. The van der Waals surface area contributed by atoms with Gasteiger partial charge in [-0.3, -0.25) is 9.48 Å². The molecule has 1 aromatic heterocycles. The minimum absolute atomic E-state index is 0.0143. The SMILES string of the molecule is CCCCC1(O)COC2(CN(C(=O)c3cnn(CC)c3C)C2)C1. The molecule has 23 heavy (non-hydrogen) atoms. The number of ether oxygens (including phenoxy) is 1. The molecular formula is C17H27N3O3. The molecule has 128 valence electrons. The fraction of sp³-hybridized carbons (Fsp3) is 0.765. The number of aryl methyl sites for hydroxylation is 1. The highest BCUT2D eigenvalue weighted by Gasteiger charge is 2.56. The number of hydrogen-bond donors (Lipinski definition) is 1. The van der Waals surface area contributed by atoms with Gasteiger partial charge < -0.3 is 14.7 Å². The number of likely N-dealkylation sites (tertiary alicyclic amines) is 1. The molecule has 2 saturated heterocycles. The summed E-state index contributed by atoms with van der Waals surface area (Å²) in [6, 6.07) is 0. The second kappa shape index (κ2) is 5.91. The van der Waals surface area contributed by atoms with Gasteiger partial charge in [0.05, 0.1) is 37.1 Å². The lowest BCUT2D eigenvalue weighted by Gasteiger charge is -2.47. The molecule has 0 aromatic carbocycles. The van der Waals surface area contributed by atoms with Crippen molar-refractivity contribution in [3.8, 4) is 0 Å². The van der Waals surface area contributed by atoms with Crippen LogP contribution in [0.25, 0.3) is 0 Å². The monoisotopic (exact) mass is 321 g/mol. The maximum absolute atomic E-state index is 12.6. The van der Waals surface area contributed by atoms with Gasteiger partial charge in [-0.25, -0.2) is 0 Å². The maximum Gasteiger partial charge on any atom is 0.257 e. The Kier molecular flexibility index (Phi) is 4.23. The summed E-state index contributed by atoms with van der Waals surface area (Å²) in [6.45, 7) is 8.34. The number of carbonyl (C=O) groups is 1. The van der Waals surface area contributed by atoms with Crippen molar-refractivity contribution in [3.63, 3.8) is 0 Å². The molecule has 1 aromatic rings. The lowest BCUT2D eigenvalue weighted by atomic mass is 9.82. The zero-order valence-corrected chi connectivity index (χ0v) is 14.3. The number of amides is 1. The van der Waals surface area contributed by atoms with Gasteiger partial charge in [-0.1, -0.05) is 19.8 Å². The molecule has 6 nitrogen and oxygen atoms in total. The topological polar surface area (TPSA) is 67.6 Å². The van der Waals surface area contributed by atoms with Gasteiger partial charge in [-0.05, 0) is 20.3 Å². The molecule has 0 saturated carbocycles. The van der Waals surface area contributed by atoms with Gasteiger partial charge in [0.25, 0.3) is 5.91 Å². The van der Waals surface area contributed by atoms with E-state index in [4.69, 9.17) is 4.74 Å². The standard InChI is InChI=1S/C17H27N3O3/c1-4-6-7-16(22)9-17(23-12-16)10-19(11-17)15(21)14-8-18-20(5-2)13(14)3/h8,22H,4-7,9-12H2,1-3H3. The number of aromatic nitrogens is 2. The first-order chi connectivity index (χ1) is 10.9. The third-order valence-electron chi connectivity index (χ3n) is 5.17. The molecule has 1 amide bonds. The average molecular weight is 321 g/mol. The number of hydrogen-bond acceptors (Lipinski definition) is 4. The van der Waals surface area contributed by atoms with Crippen LogP contribution in [0, 0.1) is 6.92 Å². The summed E-state index contributed by atoms with van der Waals surface area (Å²) in [7, 11) is 0. The fourth-order valence-electron chi connectivity index (χ4n) is 3.80. The van der Waals surface area contributed by atoms with E-state index in [0.717, 1.165) is 31.5 Å². The first kappa shape index (κ1) is 16.5. The van der Waals surface area contributed by atoms with E-state index in [9.17, 15) is 9.90 Å². The predicted octanol–water partition coefficient (Wildman–Crippen LogP) is 1.75. The summed E-state index contributed by atoms with van der Waals surface area (Å²) in [5, 5.41) is 14.8. The molecule has 0 aliphatic carbocycles. The van der Waals surface area contributed by atoms with E-state index >= 15 is 0 Å². The van der Waals surface area contributed by atoms with Crippen LogP contribution in [-0.4, -0.2) is 56.6 Å². The third-order valence-corrected chi connectivity index (χ3v) is 5.17. The summed E-state index contributed by atoms with van der Waals surface area (Å²) in [6.07, 6.45) is 5.15. The van der Waals surface area contributed by atoms with Crippen LogP contribution in [0.1, 0.15) is 55.6 Å². The Hall–Kier alpha value is -1.40. The van der Waals surface area contributed by atoms with E-state index in [1.54, 1.807) is 11.1 Å². The van der Waals surface area contributed by atoms with Crippen molar-refractivity contribution in [1.29, 1.82) is 0 Å². The van der Waals surface area contributed by atoms with Crippen LogP contribution in [-0.2, 0) is 11.3 Å².